The molecular weight excluding hydrogens is 238 g/mol. The van der Waals surface area contributed by atoms with Crippen LogP contribution in [0.15, 0.2) is 42.5 Å². The SMILES string of the molecule is O=C1C2CC=CCC2c2nc(-c3ccccc3)nn21. The Kier molecular flexibility index (Phi) is 2.18. The molecule has 2 atom stereocenters. The monoisotopic (exact) mass is 251 g/mol. The Balaban J connectivity index is 1.80. The topological polar surface area (TPSA) is 47.8 Å². The van der Waals surface area contributed by atoms with Crippen molar-refractivity contribution in [2.45, 2.75) is 18.8 Å². The largest absolute Gasteiger partial charge is 0.272 e. The number of benzene rings is 1. The van der Waals surface area contributed by atoms with E-state index in [1.807, 2.05) is 30.3 Å². The molecule has 1 aliphatic heterocycles. The van der Waals surface area contributed by atoms with E-state index in [2.05, 4.69) is 22.2 Å². The molecule has 0 radical (unpaired) electrons. The molecule has 0 N–H and O–H groups in total. The molecule has 4 heteroatoms. The second-order valence-corrected chi connectivity index (χ2v) is 5.07. The van der Waals surface area contributed by atoms with E-state index in [0.717, 1.165) is 24.2 Å². The molecule has 1 aromatic heterocycles. The van der Waals surface area contributed by atoms with Crippen LogP contribution in [0.3, 0.4) is 0 Å². The van der Waals surface area contributed by atoms with E-state index >= 15 is 0 Å². The van der Waals surface area contributed by atoms with Crippen LogP contribution < -0.4 is 0 Å². The summed E-state index contributed by atoms with van der Waals surface area (Å²) in [6.45, 7) is 0. The second-order valence-electron chi connectivity index (χ2n) is 5.07. The number of carbonyl (C=O) groups is 1. The van der Waals surface area contributed by atoms with Crippen molar-refractivity contribution in [3.8, 4) is 11.4 Å². The van der Waals surface area contributed by atoms with Crippen LogP contribution in [0.2, 0.25) is 0 Å². The van der Waals surface area contributed by atoms with Gasteiger partial charge in [-0.1, -0.05) is 42.5 Å². The van der Waals surface area contributed by atoms with Gasteiger partial charge < -0.3 is 0 Å². The Morgan fingerprint density at radius 2 is 1.79 bits per heavy atom. The number of hydrogen-bond acceptors (Lipinski definition) is 3. The summed E-state index contributed by atoms with van der Waals surface area (Å²) in [5.74, 6) is 1.83. The maximum absolute atomic E-state index is 12.3. The summed E-state index contributed by atoms with van der Waals surface area (Å²) >= 11 is 0. The van der Waals surface area contributed by atoms with E-state index in [9.17, 15) is 4.79 Å². The highest BCUT2D eigenvalue weighted by molar-refractivity contribution is 5.86. The lowest BCUT2D eigenvalue weighted by molar-refractivity contribution is 0.0838. The maximum Gasteiger partial charge on any atom is 0.252 e. The second kappa shape index (κ2) is 3.88. The third-order valence-corrected chi connectivity index (χ3v) is 3.95. The number of allylic oxidation sites excluding steroid dienone is 2. The molecule has 94 valence electrons. The van der Waals surface area contributed by atoms with Gasteiger partial charge in [0.1, 0.15) is 5.82 Å². The molecule has 4 nitrogen and oxygen atoms in total. The Morgan fingerprint density at radius 1 is 1.05 bits per heavy atom. The van der Waals surface area contributed by atoms with Crippen LogP contribution in [-0.4, -0.2) is 20.7 Å². The number of rotatable bonds is 1. The third kappa shape index (κ3) is 1.49. The summed E-state index contributed by atoms with van der Waals surface area (Å²) in [5, 5.41) is 4.39. The van der Waals surface area contributed by atoms with Crippen LogP contribution in [0, 0.1) is 5.92 Å². The molecule has 19 heavy (non-hydrogen) atoms. The van der Waals surface area contributed by atoms with Crippen molar-refractivity contribution in [1.29, 1.82) is 0 Å². The van der Waals surface area contributed by atoms with Gasteiger partial charge in [0.2, 0.25) is 0 Å². The van der Waals surface area contributed by atoms with Gasteiger partial charge in [-0.15, -0.1) is 5.10 Å². The lowest BCUT2D eigenvalue weighted by Gasteiger charge is -2.17. The minimum Gasteiger partial charge on any atom is -0.272 e. The molecule has 0 saturated carbocycles. The van der Waals surface area contributed by atoms with Gasteiger partial charge in [0.05, 0.1) is 5.92 Å². The first-order chi connectivity index (χ1) is 9.34. The number of hydrogen-bond donors (Lipinski definition) is 0. The zero-order valence-corrected chi connectivity index (χ0v) is 10.4. The number of fused-ring (bicyclic) bond motifs is 3. The van der Waals surface area contributed by atoms with Gasteiger partial charge in [-0.2, -0.15) is 4.68 Å². The van der Waals surface area contributed by atoms with E-state index in [4.69, 9.17) is 0 Å². The van der Waals surface area contributed by atoms with Crippen molar-refractivity contribution < 1.29 is 4.79 Å². The first kappa shape index (κ1) is 10.7. The van der Waals surface area contributed by atoms with E-state index in [-0.39, 0.29) is 17.7 Å². The molecule has 2 unspecified atom stereocenters. The summed E-state index contributed by atoms with van der Waals surface area (Å²) in [5.41, 5.74) is 0.958. The van der Waals surface area contributed by atoms with Crippen molar-refractivity contribution in [1.82, 2.24) is 14.8 Å². The number of aromatic nitrogens is 3. The van der Waals surface area contributed by atoms with Gasteiger partial charge in [0, 0.05) is 11.5 Å². The zero-order chi connectivity index (χ0) is 12.8. The average molecular weight is 251 g/mol. The molecule has 2 aromatic rings. The maximum atomic E-state index is 12.3. The summed E-state index contributed by atoms with van der Waals surface area (Å²) in [6, 6.07) is 9.80. The van der Waals surface area contributed by atoms with Gasteiger partial charge in [0.15, 0.2) is 5.82 Å². The Bertz CT molecular complexity index is 672. The Morgan fingerprint density at radius 3 is 2.58 bits per heavy atom. The molecule has 2 aliphatic rings. The highest BCUT2D eigenvalue weighted by Gasteiger charge is 2.42. The Hall–Kier alpha value is -2.23. The Labute approximate surface area is 110 Å². The molecule has 4 rings (SSSR count). The summed E-state index contributed by atoms with van der Waals surface area (Å²) in [7, 11) is 0. The van der Waals surface area contributed by atoms with E-state index < -0.39 is 0 Å². The molecular formula is C15H13N3O. The van der Waals surface area contributed by atoms with Gasteiger partial charge >= 0.3 is 0 Å². The standard InChI is InChI=1S/C15H13N3O/c19-15-12-9-5-4-8-11(12)14-16-13(17-18(14)15)10-6-2-1-3-7-10/h1-7,11-12H,8-9H2. The van der Waals surface area contributed by atoms with Gasteiger partial charge in [-0.3, -0.25) is 4.79 Å². The predicted molar refractivity (Wildman–Crippen MR) is 70.7 cm³/mol. The summed E-state index contributed by atoms with van der Waals surface area (Å²) in [6.07, 6.45) is 5.93. The fourth-order valence-electron chi connectivity index (χ4n) is 2.97. The number of carbonyl (C=O) groups excluding carboxylic acids is 1. The first-order valence-electron chi connectivity index (χ1n) is 6.56. The highest BCUT2D eigenvalue weighted by atomic mass is 16.2. The van der Waals surface area contributed by atoms with Gasteiger partial charge in [-0.05, 0) is 12.8 Å². The van der Waals surface area contributed by atoms with Crippen molar-refractivity contribution in [3.63, 3.8) is 0 Å². The zero-order valence-electron chi connectivity index (χ0n) is 10.4. The molecule has 0 bridgehead atoms. The fraction of sp³-hybridized carbons (Fsp3) is 0.267. The van der Waals surface area contributed by atoms with Crippen LogP contribution in [0.5, 0.6) is 0 Å². The van der Waals surface area contributed by atoms with E-state index in [1.54, 1.807) is 0 Å². The van der Waals surface area contributed by atoms with E-state index in [1.165, 1.54) is 4.68 Å². The lowest BCUT2D eigenvalue weighted by atomic mass is 9.84. The minimum atomic E-state index is 0.0461. The molecule has 0 amide bonds. The van der Waals surface area contributed by atoms with Crippen LogP contribution in [-0.2, 0) is 0 Å². The molecule has 0 saturated heterocycles. The first-order valence-corrected chi connectivity index (χ1v) is 6.56. The van der Waals surface area contributed by atoms with Crippen molar-refractivity contribution >= 4 is 5.91 Å². The molecule has 2 heterocycles. The summed E-state index contributed by atoms with van der Waals surface area (Å²) < 4.78 is 1.52. The van der Waals surface area contributed by atoms with Gasteiger partial charge in [0.25, 0.3) is 5.91 Å². The molecule has 0 spiro atoms. The van der Waals surface area contributed by atoms with Crippen molar-refractivity contribution in [3.05, 3.63) is 48.3 Å². The van der Waals surface area contributed by atoms with Crippen molar-refractivity contribution in [2.24, 2.45) is 5.92 Å². The van der Waals surface area contributed by atoms with Crippen LogP contribution in [0.4, 0.5) is 0 Å². The van der Waals surface area contributed by atoms with Crippen LogP contribution in [0.1, 0.15) is 29.4 Å². The minimum absolute atomic E-state index is 0.0461. The smallest absolute Gasteiger partial charge is 0.252 e. The van der Waals surface area contributed by atoms with Crippen LogP contribution in [0.25, 0.3) is 11.4 Å². The van der Waals surface area contributed by atoms with E-state index in [0.29, 0.717) is 5.82 Å². The highest BCUT2D eigenvalue weighted by Crippen LogP contribution is 2.40. The predicted octanol–water partition coefficient (Wildman–Crippen LogP) is 2.65. The third-order valence-electron chi connectivity index (χ3n) is 3.95. The molecule has 1 aliphatic carbocycles. The fourth-order valence-corrected chi connectivity index (χ4v) is 2.97. The normalized spacial score (nSPS) is 24.3. The average Bonchev–Trinajstić information content (AvgIpc) is 3.01. The molecule has 1 aromatic carbocycles. The summed E-state index contributed by atoms with van der Waals surface area (Å²) in [4.78, 5) is 16.9. The quantitative estimate of drug-likeness (QED) is 0.732. The number of nitrogens with zero attached hydrogens (tertiary/aromatic N) is 3. The van der Waals surface area contributed by atoms with Crippen LogP contribution >= 0.6 is 0 Å². The molecule has 0 fully saturated rings. The van der Waals surface area contributed by atoms with Gasteiger partial charge in [-0.25, -0.2) is 4.98 Å². The lowest BCUT2D eigenvalue weighted by Crippen LogP contribution is -2.19. The van der Waals surface area contributed by atoms with Crippen molar-refractivity contribution in [2.75, 3.05) is 0 Å².